The van der Waals surface area contributed by atoms with E-state index in [0.29, 0.717) is 10.6 Å². The number of hydrogen-bond donors (Lipinski definition) is 2. The first kappa shape index (κ1) is 21.3. The molecule has 0 aliphatic carbocycles. The maximum absolute atomic E-state index is 12.4. The van der Waals surface area contributed by atoms with Crippen molar-refractivity contribution in [2.75, 3.05) is 9.44 Å². The molecule has 29 heavy (non-hydrogen) atoms. The summed E-state index contributed by atoms with van der Waals surface area (Å²) in [7, 11) is -7.66. The molecule has 0 unspecified atom stereocenters. The summed E-state index contributed by atoms with van der Waals surface area (Å²) in [5.74, 6) is -0.393. The lowest BCUT2D eigenvalue weighted by molar-refractivity contribution is 0.599. The molecule has 0 aliphatic heterocycles. The molecule has 0 saturated heterocycles. The molecule has 0 radical (unpaired) electrons. The molecule has 0 saturated carbocycles. The quantitative estimate of drug-likeness (QED) is 0.542. The summed E-state index contributed by atoms with van der Waals surface area (Å²) in [6.07, 6.45) is 2.80. The monoisotopic (exact) mass is 472 g/mol. The van der Waals surface area contributed by atoms with Crippen LogP contribution in [-0.2, 0) is 25.8 Å². The zero-order valence-corrected chi connectivity index (χ0v) is 17.7. The van der Waals surface area contributed by atoms with Crippen LogP contribution in [0.2, 0.25) is 10.0 Å². The van der Waals surface area contributed by atoms with E-state index in [1.54, 1.807) is 12.1 Å². The molecule has 0 fully saturated rings. The summed E-state index contributed by atoms with van der Waals surface area (Å²) < 4.78 is 54.0. The Morgan fingerprint density at radius 3 is 2.10 bits per heavy atom. The van der Waals surface area contributed by atoms with Crippen LogP contribution in [0.3, 0.4) is 0 Å². The molecule has 1 aromatic heterocycles. The molecular weight excluding hydrogens is 459 g/mol. The van der Waals surface area contributed by atoms with Crippen molar-refractivity contribution in [3.05, 3.63) is 76.5 Å². The van der Waals surface area contributed by atoms with Gasteiger partial charge >= 0.3 is 0 Å². The lowest BCUT2D eigenvalue weighted by Crippen LogP contribution is -2.16. The summed E-state index contributed by atoms with van der Waals surface area (Å²) in [6, 6.07) is 11.3. The summed E-state index contributed by atoms with van der Waals surface area (Å²) in [6.45, 7) is 0. The topological polar surface area (TPSA) is 118 Å². The van der Waals surface area contributed by atoms with Crippen LogP contribution in [0.5, 0.6) is 0 Å². The van der Waals surface area contributed by atoms with E-state index >= 15 is 0 Å². The molecule has 12 heteroatoms. The minimum Gasteiger partial charge on any atom is -0.283 e. The lowest BCUT2D eigenvalue weighted by atomic mass is 10.2. The highest BCUT2D eigenvalue weighted by molar-refractivity contribution is 7.92. The summed E-state index contributed by atoms with van der Waals surface area (Å²) in [4.78, 5) is 7.52. The van der Waals surface area contributed by atoms with Gasteiger partial charge in [-0.15, -0.1) is 0 Å². The highest BCUT2D eigenvalue weighted by atomic mass is 35.5. The van der Waals surface area contributed by atoms with Gasteiger partial charge in [0.1, 0.15) is 0 Å². The van der Waals surface area contributed by atoms with Gasteiger partial charge in [0.05, 0.1) is 20.7 Å². The first-order chi connectivity index (χ1) is 13.6. The molecule has 0 spiro atoms. The number of nitrogens with zero attached hydrogens (tertiary/aromatic N) is 2. The fourth-order valence-electron chi connectivity index (χ4n) is 2.30. The molecule has 0 bridgehead atoms. The largest absolute Gasteiger partial charge is 0.283 e. The van der Waals surface area contributed by atoms with Gasteiger partial charge in [-0.05, 0) is 48.0 Å². The number of anilines is 2. The maximum Gasteiger partial charge on any atom is 0.264 e. The van der Waals surface area contributed by atoms with Gasteiger partial charge in [-0.1, -0.05) is 29.3 Å². The molecule has 2 N–H and O–H groups in total. The molecule has 8 nitrogen and oxygen atoms in total. The van der Waals surface area contributed by atoms with Crippen LogP contribution in [0.25, 0.3) is 0 Å². The van der Waals surface area contributed by atoms with Crippen LogP contribution in [-0.4, -0.2) is 26.8 Å². The Labute approximate surface area is 178 Å². The first-order valence-corrected chi connectivity index (χ1v) is 11.9. The summed E-state index contributed by atoms with van der Waals surface area (Å²) >= 11 is 11.7. The first-order valence-electron chi connectivity index (χ1n) is 7.99. The van der Waals surface area contributed by atoms with Crippen LogP contribution < -0.4 is 9.44 Å². The van der Waals surface area contributed by atoms with Gasteiger partial charge in [0, 0.05) is 18.1 Å². The Morgan fingerprint density at radius 2 is 1.48 bits per heavy atom. The maximum atomic E-state index is 12.4. The number of aromatic nitrogens is 2. The average molecular weight is 473 g/mol. The summed E-state index contributed by atoms with van der Waals surface area (Å²) in [5.41, 5.74) is 0.665. The SMILES string of the molecule is O=S(=O)(Cc1ccc(Cl)c(Cl)c1)Nc1ccc(S(=O)(=O)Nc2ncccn2)cc1. The minimum atomic E-state index is -3.91. The van der Waals surface area contributed by atoms with Gasteiger partial charge < -0.3 is 0 Å². The van der Waals surface area contributed by atoms with E-state index in [9.17, 15) is 16.8 Å². The van der Waals surface area contributed by atoms with Gasteiger partial charge in [0.2, 0.25) is 16.0 Å². The normalized spacial score (nSPS) is 11.8. The standard InChI is InChI=1S/C17H14Cl2N4O4S2/c18-15-7-2-12(10-16(15)19)11-28(24,25)22-13-3-5-14(6-4-13)29(26,27)23-17-20-8-1-9-21-17/h1-10,22H,11H2,(H,20,21,23). The fourth-order valence-corrected chi connectivity index (χ4v) is 4.76. The van der Waals surface area contributed by atoms with Crippen molar-refractivity contribution in [3.8, 4) is 0 Å². The molecule has 3 aromatic rings. The van der Waals surface area contributed by atoms with Gasteiger partial charge in [-0.2, -0.15) is 0 Å². The van der Waals surface area contributed by atoms with Crippen molar-refractivity contribution in [2.45, 2.75) is 10.6 Å². The molecular formula is C17H14Cl2N4O4S2. The third kappa shape index (κ3) is 5.80. The van der Waals surface area contributed by atoms with E-state index in [4.69, 9.17) is 23.2 Å². The van der Waals surface area contributed by atoms with E-state index < -0.39 is 20.0 Å². The van der Waals surface area contributed by atoms with E-state index in [-0.39, 0.29) is 27.3 Å². The smallest absolute Gasteiger partial charge is 0.264 e. The van der Waals surface area contributed by atoms with E-state index in [0.717, 1.165) is 0 Å². The van der Waals surface area contributed by atoms with Crippen molar-refractivity contribution >= 4 is 54.9 Å². The van der Waals surface area contributed by atoms with Crippen molar-refractivity contribution in [1.29, 1.82) is 0 Å². The van der Waals surface area contributed by atoms with Crippen LogP contribution in [0.4, 0.5) is 11.6 Å². The highest BCUT2D eigenvalue weighted by Gasteiger charge is 2.17. The van der Waals surface area contributed by atoms with Gasteiger partial charge in [0.25, 0.3) is 10.0 Å². The van der Waals surface area contributed by atoms with Gasteiger partial charge in [0.15, 0.2) is 0 Å². The van der Waals surface area contributed by atoms with E-state index in [2.05, 4.69) is 19.4 Å². The van der Waals surface area contributed by atoms with Crippen molar-refractivity contribution < 1.29 is 16.8 Å². The molecule has 3 rings (SSSR count). The van der Waals surface area contributed by atoms with E-state index in [1.807, 2.05) is 0 Å². The number of hydrogen-bond acceptors (Lipinski definition) is 6. The lowest BCUT2D eigenvalue weighted by Gasteiger charge is -2.10. The second-order valence-electron chi connectivity index (χ2n) is 5.81. The highest BCUT2D eigenvalue weighted by Crippen LogP contribution is 2.24. The number of sulfonamides is 2. The second-order valence-corrected chi connectivity index (χ2v) is 10.0. The predicted octanol–water partition coefficient (Wildman–Crippen LogP) is 3.53. The Balaban J connectivity index is 1.71. The minimum absolute atomic E-state index is 0.0705. The molecule has 1 heterocycles. The predicted molar refractivity (Wildman–Crippen MR) is 112 cm³/mol. The van der Waals surface area contributed by atoms with Crippen LogP contribution in [0.1, 0.15) is 5.56 Å². The van der Waals surface area contributed by atoms with Crippen LogP contribution in [0.15, 0.2) is 65.8 Å². The Morgan fingerprint density at radius 1 is 0.828 bits per heavy atom. The molecule has 2 aromatic carbocycles. The second kappa shape index (κ2) is 8.54. The number of benzene rings is 2. The van der Waals surface area contributed by atoms with Crippen molar-refractivity contribution in [2.24, 2.45) is 0 Å². The molecule has 152 valence electrons. The number of nitrogens with one attached hydrogen (secondary N) is 2. The number of rotatable bonds is 7. The van der Waals surface area contributed by atoms with Crippen molar-refractivity contribution in [3.63, 3.8) is 0 Å². The molecule has 0 atom stereocenters. The molecule has 0 aliphatic rings. The van der Waals surface area contributed by atoms with Crippen LogP contribution in [0, 0.1) is 0 Å². The molecule has 0 amide bonds. The zero-order valence-electron chi connectivity index (χ0n) is 14.6. The van der Waals surface area contributed by atoms with Gasteiger partial charge in [-0.3, -0.25) is 4.72 Å². The Kier molecular flexibility index (Phi) is 6.27. The third-order valence-corrected chi connectivity index (χ3v) is 6.91. The van der Waals surface area contributed by atoms with E-state index in [1.165, 1.54) is 48.8 Å². The Bertz CT molecular complexity index is 1220. The summed E-state index contributed by atoms with van der Waals surface area (Å²) in [5, 5.41) is 0.580. The Hall–Kier alpha value is -2.40. The van der Waals surface area contributed by atoms with Crippen LogP contribution >= 0.6 is 23.2 Å². The average Bonchev–Trinajstić information content (AvgIpc) is 2.65. The fraction of sp³-hybridized carbons (Fsp3) is 0.0588. The third-order valence-electron chi connectivity index (χ3n) is 3.57. The zero-order chi connectivity index (χ0) is 21.1. The van der Waals surface area contributed by atoms with Gasteiger partial charge in [-0.25, -0.2) is 31.5 Å². The number of halogens is 2. The van der Waals surface area contributed by atoms with Crippen molar-refractivity contribution in [1.82, 2.24) is 9.97 Å².